The van der Waals surface area contributed by atoms with Crippen molar-refractivity contribution >= 4 is 102 Å². The zero-order chi connectivity index (χ0) is 17.2. The standard InChI is InChI=1S/C11H5Cl4O.5ClH.Sn/c12-7-8(13)10(16-11(15)9(7)14)6-4-2-1-3-5-6;;;;;;/h1-5H;5*1H;/q+1;;;;;;+4/p-5. The van der Waals surface area contributed by atoms with Crippen molar-refractivity contribution in [2.24, 2.45) is 0 Å². The van der Waals surface area contributed by atoms with E-state index < -0.39 is 11.4 Å². The van der Waals surface area contributed by atoms with E-state index in [4.69, 9.17) is 95.4 Å². The summed E-state index contributed by atoms with van der Waals surface area (Å²) in [7, 11) is 25.3. The molecule has 0 saturated carbocycles. The number of hydrogen-bond donors (Lipinski definition) is 0. The van der Waals surface area contributed by atoms with Gasteiger partial charge in [0.1, 0.15) is 0 Å². The van der Waals surface area contributed by atoms with Crippen LogP contribution in [0.15, 0.2) is 34.7 Å². The summed E-state index contributed by atoms with van der Waals surface area (Å²) in [5, 5.41) is 0.587. The molecule has 0 aliphatic heterocycles. The van der Waals surface area contributed by atoms with Gasteiger partial charge in [0.2, 0.25) is 0 Å². The molecule has 0 N–H and O–H groups in total. The molecule has 22 heavy (non-hydrogen) atoms. The van der Waals surface area contributed by atoms with Crippen molar-refractivity contribution < 1.29 is 4.42 Å². The predicted molar refractivity (Wildman–Crippen MR) is 104 cm³/mol. The molecule has 11 heteroatoms. The zero-order valence-electron chi connectivity index (χ0n) is 10.2. The van der Waals surface area contributed by atoms with Crippen molar-refractivity contribution in [2.75, 3.05) is 0 Å². The number of hydrogen-bond acceptors (Lipinski definition) is 0. The van der Waals surface area contributed by atoms with Crippen LogP contribution in [-0.2, 0) is 0 Å². The predicted octanol–water partition coefficient (Wildman–Crippen LogP) is 8.91. The first kappa shape index (κ1) is 21.8. The van der Waals surface area contributed by atoms with Crippen LogP contribution in [0.5, 0.6) is 0 Å². The van der Waals surface area contributed by atoms with Crippen LogP contribution in [0.25, 0.3) is 11.3 Å². The van der Waals surface area contributed by atoms with Crippen LogP contribution in [0.2, 0.25) is 20.3 Å². The summed E-state index contributed by atoms with van der Waals surface area (Å²) in [6, 6.07) is 9.28. The maximum atomic E-state index is 6.04. The second kappa shape index (κ2) is 8.44. The van der Waals surface area contributed by atoms with Crippen LogP contribution in [-0.4, -0.2) is 11.4 Å². The minimum absolute atomic E-state index is 0.0231. The van der Waals surface area contributed by atoms with Gasteiger partial charge in [0, 0.05) is 11.6 Å². The molecule has 0 aliphatic carbocycles. The van der Waals surface area contributed by atoms with Gasteiger partial charge >= 0.3 is 66.9 Å². The van der Waals surface area contributed by atoms with E-state index in [1.165, 1.54) is 0 Å². The Morgan fingerprint density at radius 3 is 1.59 bits per heavy atom. The third-order valence-corrected chi connectivity index (χ3v) is 3.64. The van der Waals surface area contributed by atoms with Crippen molar-refractivity contribution in [3.63, 3.8) is 0 Å². The molecule has 1 nitrogen and oxygen atoms in total. The van der Waals surface area contributed by atoms with E-state index in [0.717, 1.165) is 5.56 Å². The maximum absolute atomic E-state index is 6.04. The minimum atomic E-state index is -4.40. The van der Waals surface area contributed by atoms with E-state index in [2.05, 4.69) is 0 Å². The van der Waals surface area contributed by atoms with E-state index >= 15 is 0 Å². The molecular formula is C11H5Cl9OSn. The van der Waals surface area contributed by atoms with Crippen molar-refractivity contribution in [2.45, 2.75) is 0 Å². The summed E-state index contributed by atoms with van der Waals surface area (Å²) in [5.74, 6) is 0.404. The van der Waals surface area contributed by atoms with Crippen LogP contribution in [0.4, 0.5) is 0 Å². The van der Waals surface area contributed by atoms with Gasteiger partial charge in [0.25, 0.3) is 0 Å². The van der Waals surface area contributed by atoms with Gasteiger partial charge in [0.05, 0.1) is 10.6 Å². The summed E-state index contributed by atoms with van der Waals surface area (Å²) in [6.07, 6.45) is 0. The number of benzene rings is 1. The van der Waals surface area contributed by atoms with Crippen LogP contribution in [0.1, 0.15) is 0 Å². The van der Waals surface area contributed by atoms with E-state index in [9.17, 15) is 0 Å². The molecule has 2 rings (SSSR count). The van der Waals surface area contributed by atoms with Gasteiger partial charge in [-0.05, 0) is 12.1 Å². The molecule has 122 valence electrons. The SMILES string of the molecule is Clc1[o+]c(-c2ccccc2)c(Cl)c(Cl)c1Cl.[Cl][Sn-]([Cl])([Cl])([Cl])[Cl]. The molecule has 1 aromatic carbocycles. The molecule has 0 amide bonds. The second-order valence-electron chi connectivity index (χ2n) is 3.73. The first-order chi connectivity index (χ1) is 9.85. The number of halogens is 9. The van der Waals surface area contributed by atoms with Crippen LogP contribution >= 0.6 is 91.0 Å². The molecule has 2 aromatic rings. The first-order valence-corrected chi connectivity index (χ1v) is 24.9. The van der Waals surface area contributed by atoms with Gasteiger partial charge in [-0.1, -0.05) is 53.0 Å². The van der Waals surface area contributed by atoms with Gasteiger partial charge < -0.3 is 0 Å². The molecule has 0 aliphatic rings. The fraction of sp³-hybridized carbons (Fsp3) is 0. The third kappa shape index (κ3) is 8.24. The van der Waals surface area contributed by atoms with Crippen molar-refractivity contribution in [3.8, 4) is 11.3 Å². The monoisotopic (exact) mass is 588 g/mol. The Bertz CT molecular complexity index is 650. The molecule has 0 fully saturated rings. The van der Waals surface area contributed by atoms with Crippen LogP contribution in [0.3, 0.4) is 0 Å². The zero-order valence-corrected chi connectivity index (χ0v) is 19.9. The summed E-state index contributed by atoms with van der Waals surface area (Å²) in [6.45, 7) is 0. The Morgan fingerprint density at radius 2 is 1.14 bits per heavy atom. The average Bonchev–Trinajstić information content (AvgIpc) is 2.39. The Balaban J connectivity index is 0.000000346. The van der Waals surface area contributed by atoms with Gasteiger partial charge in [-0.25, -0.2) is 0 Å². The van der Waals surface area contributed by atoms with Crippen molar-refractivity contribution in [1.82, 2.24) is 0 Å². The average molecular weight is 591 g/mol. The molecule has 0 bridgehead atoms. The van der Waals surface area contributed by atoms with Gasteiger partial charge in [-0.2, -0.15) is 4.42 Å². The molecular weight excluding hydrogens is 586 g/mol. The van der Waals surface area contributed by atoms with E-state index in [1.54, 1.807) is 0 Å². The Morgan fingerprint density at radius 1 is 0.682 bits per heavy atom. The van der Waals surface area contributed by atoms with Crippen molar-refractivity contribution in [1.29, 1.82) is 0 Å². The second-order valence-corrected chi connectivity index (χ2v) is 47.6. The Hall–Kier alpha value is 1.78. The number of rotatable bonds is 1. The van der Waals surface area contributed by atoms with Gasteiger partial charge in [-0.15, -0.1) is 0 Å². The molecule has 0 atom stereocenters. The fourth-order valence-corrected chi connectivity index (χ4v) is 2.05. The Labute approximate surface area is 166 Å². The van der Waals surface area contributed by atoms with Gasteiger partial charge in [-0.3, -0.25) is 0 Å². The summed E-state index contributed by atoms with van der Waals surface area (Å²) < 4.78 is 5.32. The molecule has 0 radical (unpaired) electrons. The quantitative estimate of drug-likeness (QED) is 0.238. The molecule has 1 heterocycles. The molecule has 0 saturated heterocycles. The van der Waals surface area contributed by atoms with E-state index in [1.807, 2.05) is 30.3 Å². The first-order valence-electron chi connectivity index (χ1n) is 5.27. The molecule has 1 aromatic heterocycles. The summed E-state index contributed by atoms with van der Waals surface area (Å²) in [4.78, 5) is 0. The summed E-state index contributed by atoms with van der Waals surface area (Å²) >= 11 is 19.2. The third-order valence-electron chi connectivity index (χ3n) is 1.98. The van der Waals surface area contributed by atoms with Crippen molar-refractivity contribution in [3.05, 3.63) is 50.6 Å². The fourth-order valence-electron chi connectivity index (χ4n) is 1.24. The van der Waals surface area contributed by atoms with Gasteiger partial charge in [0.15, 0.2) is 10.0 Å². The van der Waals surface area contributed by atoms with E-state index in [0.29, 0.717) is 5.76 Å². The summed E-state index contributed by atoms with van der Waals surface area (Å²) in [5.41, 5.74) is 0.785. The normalized spacial score (nSPS) is 12.9. The molecule has 0 unspecified atom stereocenters. The van der Waals surface area contributed by atoms with Crippen LogP contribution < -0.4 is 0 Å². The Kier molecular flexibility index (Phi) is 8.37. The van der Waals surface area contributed by atoms with E-state index in [-0.39, 0.29) is 20.3 Å². The molecule has 0 spiro atoms. The topological polar surface area (TPSA) is 11.3 Å². The van der Waals surface area contributed by atoms with Crippen LogP contribution in [0, 0.1) is 0 Å².